The summed E-state index contributed by atoms with van der Waals surface area (Å²) >= 11 is 4.49. The molecule has 0 bridgehead atoms. The van der Waals surface area contributed by atoms with Gasteiger partial charge in [-0.05, 0) is 17.7 Å². The van der Waals surface area contributed by atoms with Gasteiger partial charge in [0.25, 0.3) is 0 Å². The minimum absolute atomic E-state index is 0.0751. The Morgan fingerprint density at radius 1 is 0.842 bits per heavy atom. The molecule has 2 aromatic carbocycles. The maximum atomic E-state index is 6.06. The molecule has 0 N–H and O–H groups in total. The first-order valence-electron chi connectivity index (χ1n) is 6.22. The predicted molar refractivity (Wildman–Crippen MR) is 81.8 cm³/mol. The number of allylic oxidation sites excluding steroid dienone is 1. The van der Waals surface area contributed by atoms with Crippen LogP contribution < -0.4 is 0 Å². The normalized spacial score (nSPS) is 18.3. The van der Waals surface area contributed by atoms with Gasteiger partial charge in [-0.25, -0.2) is 0 Å². The Balaban J connectivity index is 1.92. The largest absolute Gasteiger partial charge is 0.481 e. The number of rotatable bonds is 2. The molecular weight excluding hydrogens is 252 g/mol. The summed E-state index contributed by atoms with van der Waals surface area (Å²) < 4.78 is 6.06. The standard InChI is InChI=1S/C17H14OS/c19-15-11-16(13-7-3-1-4-8-13)18-17(12-15)14-9-5-2-6-10-14/h1-12,16,19H. The van der Waals surface area contributed by atoms with E-state index in [1.165, 1.54) is 0 Å². The number of hydrogen-bond acceptors (Lipinski definition) is 2. The molecule has 1 unspecified atom stereocenters. The van der Waals surface area contributed by atoms with Gasteiger partial charge < -0.3 is 4.74 Å². The van der Waals surface area contributed by atoms with Gasteiger partial charge in [-0.1, -0.05) is 60.7 Å². The summed E-state index contributed by atoms with van der Waals surface area (Å²) in [6.07, 6.45) is 3.90. The monoisotopic (exact) mass is 266 g/mol. The number of hydrogen-bond donors (Lipinski definition) is 1. The van der Waals surface area contributed by atoms with Crippen LogP contribution in [0.15, 0.2) is 77.7 Å². The molecule has 0 radical (unpaired) electrons. The van der Waals surface area contributed by atoms with Crippen LogP contribution in [0.1, 0.15) is 17.2 Å². The van der Waals surface area contributed by atoms with E-state index in [-0.39, 0.29) is 6.10 Å². The van der Waals surface area contributed by atoms with Crippen LogP contribution in [0.2, 0.25) is 0 Å². The summed E-state index contributed by atoms with van der Waals surface area (Å²) in [6, 6.07) is 20.3. The lowest BCUT2D eigenvalue weighted by Crippen LogP contribution is -2.05. The summed E-state index contributed by atoms with van der Waals surface area (Å²) in [5.74, 6) is 0.863. The molecule has 0 aliphatic carbocycles. The Bertz CT molecular complexity index is 614. The number of thiol groups is 1. The quantitative estimate of drug-likeness (QED) is 0.781. The van der Waals surface area contributed by atoms with Crippen molar-refractivity contribution in [3.63, 3.8) is 0 Å². The fraction of sp³-hybridized carbons (Fsp3) is 0.0588. The third-order valence-corrected chi connectivity index (χ3v) is 3.32. The first-order valence-corrected chi connectivity index (χ1v) is 6.67. The third-order valence-electron chi connectivity index (χ3n) is 3.04. The second kappa shape index (κ2) is 5.37. The van der Waals surface area contributed by atoms with Gasteiger partial charge in [0.05, 0.1) is 0 Å². The van der Waals surface area contributed by atoms with Crippen LogP contribution >= 0.6 is 12.6 Å². The van der Waals surface area contributed by atoms with Crippen molar-refractivity contribution in [2.45, 2.75) is 6.10 Å². The van der Waals surface area contributed by atoms with Crippen molar-refractivity contribution in [2.24, 2.45) is 0 Å². The van der Waals surface area contributed by atoms with Crippen molar-refractivity contribution >= 4 is 18.4 Å². The second-order valence-corrected chi connectivity index (χ2v) is 4.93. The van der Waals surface area contributed by atoms with E-state index in [4.69, 9.17) is 4.74 Å². The average Bonchev–Trinajstić information content (AvgIpc) is 2.48. The Morgan fingerprint density at radius 3 is 2.16 bits per heavy atom. The lowest BCUT2D eigenvalue weighted by molar-refractivity contribution is 0.212. The van der Waals surface area contributed by atoms with E-state index in [0.717, 1.165) is 21.8 Å². The van der Waals surface area contributed by atoms with Gasteiger partial charge >= 0.3 is 0 Å². The van der Waals surface area contributed by atoms with Crippen molar-refractivity contribution in [1.29, 1.82) is 0 Å². The fourth-order valence-electron chi connectivity index (χ4n) is 2.10. The van der Waals surface area contributed by atoms with Crippen LogP contribution in [0.5, 0.6) is 0 Å². The van der Waals surface area contributed by atoms with Gasteiger partial charge in [0.2, 0.25) is 0 Å². The summed E-state index contributed by atoms with van der Waals surface area (Å²) in [7, 11) is 0. The number of benzene rings is 2. The van der Waals surface area contributed by atoms with Crippen LogP contribution in [-0.4, -0.2) is 0 Å². The zero-order valence-electron chi connectivity index (χ0n) is 10.4. The summed E-state index contributed by atoms with van der Waals surface area (Å²) in [4.78, 5) is 0.930. The van der Waals surface area contributed by atoms with Gasteiger partial charge in [-0.2, -0.15) is 0 Å². The molecule has 3 rings (SSSR count). The molecule has 0 saturated carbocycles. The van der Waals surface area contributed by atoms with Gasteiger partial charge in [0.15, 0.2) is 0 Å². The molecule has 2 heteroatoms. The molecule has 1 aliphatic rings. The Hall–Kier alpha value is -1.93. The van der Waals surface area contributed by atoms with Crippen molar-refractivity contribution in [3.05, 3.63) is 88.8 Å². The molecule has 94 valence electrons. The van der Waals surface area contributed by atoms with E-state index in [1.54, 1.807) is 0 Å². The van der Waals surface area contributed by atoms with Gasteiger partial charge in [-0.3, -0.25) is 0 Å². The van der Waals surface area contributed by atoms with E-state index in [1.807, 2.05) is 60.7 Å². The van der Waals surface area contributed by atoms with Crippen LogP contribution in [0.25, 0.3) is 5.76 Å². The topological polar surface area (TPSA) is 9.23 Å². The lowest BCUT2D eigenvalue weighted by Gasteiger charge is -2.23. The molecule has 0 aromatic heterocycles. The molecule has 1 nitrogen and oxygen atoms in total. The average molecular weight is 266 g/mol. The summed E-state index contributed by atoms with van der Waals surface area (Å²) in [5, 5.41) is 0. The molecule has 19 heavy (non-hydrogen) atoms. The smallest absolute Gasteiger partial charge is 0.143 e. The van der Waals surface area contributed by atoms with Gasteiger partial charge in [0.1, 0.15) is 11.9 Å². The Kier molecular flexibility index (Phi) is 3.43. The molecule has 1 heterocycles. The highest BCUT2D eigenvalue weighted by atomic mass is 32.1. The summed E-state index contributed by atoms with van der Waals surface area (Å²) in [6.45, 7) is 0. The van der Waals surface area contributed by atoms with E-state index in [2.05, 4.69) is 24.8 Å². The minimum atomic E-state index is -0.0751. The van der Waals surface area contributed by atoms with Crippen LogP contribution in [-0.2, 0) is 4.74 Å². The van der Waals surface area contributed by atoms with E-state index >= 15 is 0 Å². The second-order valence-electron chi connectivity index (χ2n) is 4.42. The molecule has 1 atom stereocenters. The van der Waals surface area contributed by atoms with E-state index in [0.29, 0.717) is 0 Å². The minimum Gasteiger partial charge on any atom is -0.481 e. The third kappa shape index (κ3) is 2.74. The Labute approximate surface area is 118 Å². The molecule has 0 fully saturated rings. The fourth-order valence-corrected chi connectivity index (χ4v) is 2.36. The first-order chi connectivity index (χ1) is 9.33. The predicted octanol–water partition coefficient (Wildman–Crippen LogP) is 4.61. The highest BCUT2D eigenvalue weighted by molar-refractivity contribution is 7.84. The Morgan fingerprint density at radius 2 is 1.47 bits per heavy atom. The molecular formula is C17H14OS. The number of ether oxygens (including phenoxy) is 1. The zero-order valence-corrected chi connectivity index (χ0v) is 11.3. The molecule has 0 saturated heterocycles. The van der Waals surface area contributed by atoms with Crippen molar-refractivity contribution in [3.8, 4) is 0 Å². The zero-order chi connectivity index (χ0) is 13.1. The van der Waals surface area contributed by atoms with E-state index in [9.17, 15) is 0 Å². The molecule has 0 amide bonds. The van der Waals surface area contributed by atoms with Gasteiger partial charge in [-0.15, -0.1) is 12.6 Å². The van der Waals surface area contributed by atoms with Crippen molar-refractivity contribution < 1.29 is 4.74 Å². The highest BCUT2D eigenvalue weighted by Crippen LogP contribution is 2.33. The molecule has 0 spiro atoms. The van der Waals surface area contributed by atoms with Crippen LogP contribution in [0, 0.1) is 0 Å². The maximum Gasteiger partial charge on any atom is 0.143 e. The van der Waals surface area contributed by atoms with Crippen LogP contribution in [0.3, 0.4) is 0 Å². The van der Waals surface area contributed by atoms with Crippen LogP contribution in [0.4, 0.5) is 0 Å². The van der Waals surface area contributed by atoms with Gasteiger partial charge in [0, 0.05) is 10.5 Å². The highest BCUT2D eigenvalue weighted by Gasteiger charge is 2.17. The lowest BCUT2D eigenvalue weighted by atomic mass is 10.1. The van der Waals surface area contributed by atoms with Crippen molar-refractivity contribution in [2.75, 3.05) is 0 Å². The SMILES string of the molecule is SC1=CC(c2ccccc2)OC(c2ccccc2)=C1. The maximum absolute atomic E-state index is 6.06. The first kappa shape index (κ1) is 12.1. The molecule has 1 aliphatic heterocycles. The summed E-state index contributed by atoms with van der Waals surface area (Å²) in [5.41, 5.74) is 2.21. The van der Waals surface area contributed by atoms with Crippen molar-refractivity contribution in [1.82, 2.24) is 0 Å². The molecule has 2 aromatic rings. The van der Waals surface area contributed by atoms with E-state index < -0.39 is 0 Å².